The third kappa shape index (κ3) is 5.55. The van der Waals surface area contributed by atoms with Gasteiger partial charge in [-0.2, -0.15) is 0 Å². The zero-order chi connectivity index (χ0) is 22.0. The van der Waals surface area contributed by atoms with Crippen LogP contribution in [0.4, 0.5) is 16.2 Å². The quantitative estimate of drug-likeness (QED) is 0.461. The second-order valence-corrected chi connectivity index (χ2v) is 9.51. The van der Waals surface area contributed by atoms with Crippen LogP contribution in [0.2, 0.25) is 0 Å². The number of nitrogens with two attached hydrogens (primary N) is 1. The van der Waals surface area contributed by atoms with Crippen LogP contribution in [0.15, 0.2) is 23.1 Å². The number of nitro benzene ring substituents is 1. The van der Waals surface area contributed by atoms with E-state index in [2.05, 4.69) is 5.32 Å². The van der Waals surface area contributed by atoms with E-state index in [1.807, 2.05) is 0 Å². The lowest BCUT2D eigenvalue weighted by atomic mass is 9.88. The van der Waals surface area contributed by atoms with Crippen LogP contribution in [-0.2, 0) is 14.8 Å². The molecule has 1 aromatic rings. The lowest BCUT2D eigenvalue weighted by Gasteiger charge is -2.42. The molecule has 29 heavy (non-hydrogen) atoms. The molecular weight excluding hydrogens is 404 g/mol. The number of alkyl carbamates (subject to hydrolysis) is 1. The number of anilines is 1. The van der Waals surface area contributed by atoms with Crippen LogP contribution in [0.1, 0.15) is 33.6 Å². The number of benzene rings is 1. The van der Waals surface area contributed by atoms with Gasteiger partial charge in [0.25, 0.3) is 0 Å². The third-order valence-corrected chi connectivity index (χ3v) is 5.54. The highest BCUT2D eigenvalue weighted by atomic mass is 32.2. The van der Waals surface area contributed by atoms with Crippen molar-refractivity contribution in [3.63, 3.8) is 0 Å². The lowest BCUT2D eigenvalue weighted by molar-refractivity contribution is -0.387. The number of sulfonamides is 1. The van der Waals surface area contributed by atoms with Gasteiger partial charge in [-0.15, -0.1) is 0 Å². The molecule has 0 unspecified atom stereocenters. The number of nitrogens with zero attached hydrogens (tertiary/aromatic N) is 2. The number of nitrogens with one attached hydrogen (secondary N) is 1. The summed E-state index contributed by atoms with van der Waals surface area (Å²) in [5, 5.41) is 29.2. The van der Waals surface area contributed by atoms with Crippen LogP contribution in [0.3, 0.4) is 0 Å². The third-order valence-electron chi connectivity index (χ3n) is 4.60. The molecule has 0 atom stereocenters. The molecule has 0 spiro atoms. The maximum atomic E-state index is 12.1. The first-order valence-corrected chi connectivity index (χ1v) is 10.5. The van der Waals surface area contributed by atoms with Gasteiger partial charge in [-0.1, -0.05) is 6.07 Å². The highest BCUT2D eigenvalue weighted by molar-refractivity contribution is 7.89. The van der Waals surface area contributed by atoms with Gasteiger partial charge in [0.2, 0.25) is 10.0 Å². The van der Waals surface area contributed by atoms with Crippen molar-refractivity contribution < 1.29 is 28.0 Å². The monoisotopic (exact) mass is 430 g/mol. The van der Waals surface area contributed by atoms with Crippen molar-refractivity contribution >= 4 is 27.5 Å². The van der Waals surface area contributed by atoms with Gasteiger partial charge in [0.1, 0.15) is 11.3 Å². The minimum atomic E-state index is -4.28. The maximum absolute atomic E-state index is 12.1. The smallest absolute Gasteiger partial charge is 0.408 e. The van der Waals surface area contributed by atoms with Crippen molar-refractivity contribution in [1.82, 2.24) is 5.32 Å². The van der Waals surface area contributed by atoms with Gasteiger partial charge in [-0.3, -0.25) is 10.1 Å². The number of amides is 1. The Balaban J connectivity index is 2.24. The Bertz CT molecular complexity index is 888. The number of aliphatic hydroxyl groups is 1. The summed E-state index contributed by atoms with van der Waals surface area (Å²) in [4.78, 5) is 23.9. The molecule has 1 amide bonds. The van der Waals surface area contributed by atoms with Crippen molar-refractivity contribution in [3.05, 3.63) is 28.3 Å². The first kappa shape index (κ1) is 22.8. The number of carbonyl (C=O) groups excluding carboxylic acids is 1. The van der Waals surface area contributed by atoms with Crippen LogP contribution >= 0.6 is 0 Å². The molecule has 0 aromatic heterocycles. The number of nitro groups is 1. The van der Waals surface area contributed by atoms with E-state index < -0.39 is 42.8 Å². The largest absolute Gasteiger partial charge is 0.444 e. The fraction of sp³-hybridized carbons (Fsp3) is 0.588. The normalized spacial score (nSPS) is 16.9. The van der Waals surface area contributed by atoms with Gasteiger partial charge >= 0.3 is 11.8 Å². The lowest BCUT2D eigenvalue weighted by Crippen LogP contribution is -2.58. The molecule has 0 aliphatic carbocycles. The Hall–Kier alpha value is -2.44. The number of hydrogen-bond acceptors (Lipinski definition) is 8. The van der Waals surface area contributed by atoms with Crippen LogP contribution in [-0.4, -0.2) is 55.4 Å². The minimum absolute atomic E-state index is 0.116. The van der Waals surface area contributed by atoms with Gasteiger partial charge in [-0.25, -0.2) is 18.4 Å². The number of hydrogen-bond donors (Lipinski definition) is 3. The molecule has 4 N–H and O–H groups in total. The maximum Gasteiger partial charge on any atom is 0.408 e. The van der Waals surface area contributed by atoms with E-state index in [9.17, 15) is 28.4 Å². The van der Waals surface area contributed by atoms with Crippen LogP contribution in [0, 0.1) is 10.1 Å². The highest BCUT2D eigenvalue weighted by Crippen LogP contribution is 2.36. The molecule has 0 bridgehead atoms. The number of aliphatic hydroxyl groups excluding tert-OH is 1. The molecule has 12 heteroatoms. The van der Waals surface area contributed by atoms with E-state index in [0.29, 0.717) is 0 Å². The summed E-state index contributed by atoms with van der Waals surface area (Å²) in [6, 6.07) is 3.91. The molecule has 0 radical (unpaired) electrons. The summed E-state index contributed by atoms with van der Waals surface area (Å²) in [5.74, 6) is 0. The molecule has 2 rings (SSSR count). The van der Waals surface area contributed by atoms with Crippen LogP contribution < -0.4 is 15.4 Å². The Morgan fingerprint density at radius 2 is 1.97 bits per heavy atom. The molecule has 1 aliphatic rings. The van der Waals surface area contributed by atoms with Gasteiger partial charge < -0.3 is 20.1 Å². The number of ether oxygens (including phenoxy) is 1. The number of primary sulfonamides is 1. The van der Waals surface area contributed by atoms with E-state index in [-0.39, 0.29) is 38.2 Å². The zero-order valence-corrected chi connectivity index (χ0v) is 17.4. The van der Waals surface area contributed by atoms with E-state index in [1.54, 1.807) is 25.7 Å². The van der Waals surface area contributed by atoms with Crippen molar-refractivity contribution in [2.75, 3.05) is 24.6 Å². The molecule has 1 heterocycles. The Kier molecular flexibility index (Phi) is 6.40. The Morgan fingerprint density at radius 3 is 2.41 bits per heavy atom. The van der Waals surface area contributed by atoms with Crippen LogP contribution in [0.5, 0.6) is 0 Å². The number of carbonyl (C=O) groups is 1. The molecule has 1 saturated heterocycles. The van der Waals surface area contributed by atoms with Crippen LogP contribution in [0.25, 0.3) is 0 Å². The summed E-state index contributed by atoms with van der Waals surface area (Å²) in [6.45, 7) is 5.31. The fourth-order valence-electron chi connectivity index (χ4n) is 3.20. The summed E-state index contributed by atoms with van der Waals surface area (Å²) in [7, 11) is -4.28. The predicted molar refractivity (Wildman–Crippen MR) is 105 cm³/mol. The molecule has 0 saturated carbocycles. The summed E-state index contributed by atoms with van der Waals surface area (Å²) in [6.07, 6.45) is -0.110. The van der Waals surface area contributed by atoms with E-state index in [0.717, 1.165) is 6.07 Å². The van der Waals surface area contributed by atoms with E-state index in [4.69, 9.17) is 9.88 Å². The topological polar surface area (TPSA) is 165 Å². The SMILES string of the molecule is CC(C)(C)OC(=O)NC1(CO)CCN(c2cccc(S(N)(=O)=O)c2[N+](=O)[O-])CC1. The molecule has 162 valence electrons. The van der Waals surface area contributed by atoms with Gasteiger partial charge in [0, 0.05) is 13.1 Å². The highest BCUT2D eigenvalue weighted by Gasteiger charge is 2.39. The number of rotatable bonds is 5. The molecular formula is C17H26N4O7S. The number of para-hydroxylation sites is 1. The van der Waals surface area contributed by atoms with Crippen molar-refractivity contribution in [2.45, 2.75) is 49.6 Å². The average molecular weight is 430 g/mol. The summed E-state index contributed by atoms with van der Waals surface area (Å²) in [5.41, 5.74) is -2.11. The van der Waals surface area contributed by atoms with Gasteiger partial charge in [0.15, 0.2) is 4.90 Å². The van der Waals surface area contributed by atoms with Crippen molar-refractivity contribution in [3.8, 4) is 0 Å². The summed E-state index contributed by atoms with van der Waals surface area (Å²) < 4.78 is 28.7. The predicted octanol–water partition coefficient (Wildman–Crippen LogP) is 1.10. The van der Waals surface area contributed by atoms with Crippen molar-refractivity contribution in [1.29, 1.82) is 0 Å². The fourth-order valence-corrected chi connectivity index (χ4v) is 3.91. The minimum Gasteiger partial charge on any atom is -0.444 e. The average Bonchev–Trinajstić information content (AvgIpc) is 2.59. The zero-order valence-electron chi connectivity index (χ0n) is 16.5. The van der Waals surface area contributed by atoms with Gasteiger partial charge in [0.05, 0.1) is 17.1 Å². The second-order valence-electron chi connectivity index (χ2n) is 7.98. The van der Waals surface area contributed by atoms with Gasteiger partial charge in [-0.05, 0) is 45.7 Å². The Morgan fingerprint density at radius 1 is 1.38 bits per heavy atom. The first-order chi connectivity index (χ1) is 13.3. The number of piperidine rings is 1. The Labute approximate surface area is 169 Å². The van der Waals surface area contributed by atoms with E-state index >= 15 is 0 Å². The molecule has 1 aromatic carbocycles. The van der Waals surface area contributed by atoms with Crippen molar-refractivity contribution in [2.24, 2.45) is 5.14 Å². The summed E-state index contributed by atoms with van der Waals surface area (Å²) >= 11 is 0. The molecule has 1 fully saturated rings. The first-order valence-electron chi connectivity index (χ1n) is 8.95. The van der Waals surface area contributed by atoms with E-state index in [1.165, 1.54) is 12.1 Å². The molecule has 1 aliphatic heterocycles. The second kappa shape index (κ2) is 8.13. The standard InChI is InChI=1S/C17H26N4O7S/c1-16(2,3)28-15(23)19-17(11-22)7-9-20(10-8-17)12-5-4-6-13(29(18,26)27)14(12)21(24)25/h4-6,22H,7-11H2,1-3H3,(H,19,23)(H2,18,26,27). The molecule has 11 nitrogen and oxygen atoms in total.